The lowest BCUT2D eigenvalue weighted by Crippen LogP contribution is -2.05. The number of hydrogen-bond acceptors (Lipinski definition) is 9. The van der Waals surface area contributed by atoms with Crippen LogP contribution in [0, 0.1) is 20.2 Å². The molecule has 0 heterocycles. The molecule has 6 aromatic carbocycles. The standard InChI is InChI=1S/C20H15NO5.C12H9NO3.C9H9BrO2/c22-20(23)18-7-2-1-5-15(18)13-26-16-11-9-14(10-12-16)17-6-3-4-8-19(17)21(24)25;14-10-7-5-9(6-8-10)11-3-1-2-4-12(11)13(15)16;1-12-9(11)8-5-3-2-4-7(8)6-10/h1-12H,13H2,(H,22,23);1-8,14H;2-5H,6H2,1H3. The van der Waals surface area contributed by atoms with Gasteiger partial charge in [-0.15, -0.1) is 0 Å². The maximum Gasteiger partial charge on any atom is 0.338 e. The summed E-state index contributed by atoms with van der Waals surface area (Å²) in [5.41, 5.74) is 4.94. The highest BCUT2D eigenvalue weighted by molar-refractivity contribution is 9.08. The van der Waals surface area contributed by atoms with Gasteiger partial charge in [-0.05, 0) is 65.2 Å². The fourth-order valence-electron chi connectivity index (χ4n) is 5.09. The van der Waals surface area contributed by atoms with E-state index in [1.807, 2.05) is 18.2 Å². The molecule has 0 bridgehead atoms. The number of nitrogens with zero attached hydrogens (tertiary/aromatic N) is 2. The van der Waals surface area contributed by atoms with E-state index in [4.69, 9.17) is 9.84 Å². The second kappa shape index (κ2) is 19.7. The molecule has 13 heteroatoms. The molecular weight excluding hydrogens is 760 g/mol. The summed E-state index contributed by atoms with van der Waals surface area (Å²) in [6.45, 7) is 0.118. The molecule has 0 amide bonds. The van der Waals surface area contributed by atoms with Gasteiger partial charge in [0.2, 0.25) is 0 Å². The molecule has 0 aliphatic carbocycles. The summed E-state index contributed by atoms with van der Waals surface area (Å²) in [6.07, 6.45) is 0. The van der Waals surface area contributed by atoms with Gasteiger partial charge < -0.3 is 19.7 Å². The first-order chi connectivity index (χ1) is 26.0. The first-order valence-corrected chi connectivity index (χ1v) is 17.2. The van der Waals surface area contributed by atoms with Gasteiger partial charge in [0, 0.05) is 23.0 Å². The van der Waals surface area contributed by atoms with Crippen LogP contribution in [0.4, 0.5) is 11.4 Å². The molecule has 0 aliphatic rings. The number of alkyl halides is 1. The normalized spacial score (nSPS) is 10.0. The Morgan fingerprint density at radius 1 is 0.630 bits per heavy atom. The molecule has 6 aromatic rings. The zero-order valence-electron chi connectivity index (χ0n) is 28.7. The summed E-state index contributed by atoms with van der Waals surface area (Å²) in [7, 11) is 1.38. The predicted octanol–water partition coefficient (Wildman–Crippen LogP) is 9.87. The number of para-hydroxylation sites is 2. The van der Waals surface area contributed by atoms with Crippen molar-refractivity contribution in [2.75, 3.05) is 7.11 Å². The Hall–Kier alpha value is -6.86. The molecule has 54 heavy (non-hydrogen) atoms. The van der Waals surface area contributed by atoms with Crippen LogP contribution in [0.15, 0.2) is 146 Å². The lowest BCUT2D eigenvalue weighted by molar-refractivity contribution is -0.384. The molecular formula is C41H33BrN2O10. The Kier molecular flexibility index (Phi) is 14.5. The second-order valence-electron chi connectivity index (χ2n) is 11.2. The van der Waals surface area contributed by atoms with Gasteiger partial charge >= 0.3 is 11.9 Å². The summed E-state index contributed by atoms with van der Waals surface area (Å²) in [5.74, 6) is -0.601. The largest absolute Gasteiger partial charge is 0.508 e. The maximum absolute atomic E-state index is 11.2. The SMILES string of the molecule is COC(=O)c1ccccc1CBr.O=C(O)c1ccccc1COc1ccc(-c2ccccc2[N+](=O)[O-])cc1.O=[N+]([O-])c1ccccc1-c1ccc(O)cc1. The zero-order chi connectivity index (χ0) is 39.0. The fourth-order valence-corrected chi connectivity index (χ4v) is 5.58. The van der Waals surface area contributed by atoms with Crippen LogP contribution in [0.5, 0.6) is 11.5 Å². The van der Waals surface area contributed by atoms with Crippen molar-refractivity contribution in [2.45, 2.75) is 11.9 Å². The Morgan fingerprint density at radius 2 is 1.07 bits per heavy atom. The number of carbonyl (C=O) groups is 2. The van der Waals surface area contributed by atoms with E-state index >= 15 is 0 Å². The van der Waals surface area contributed by atoms with E-state index in [1.54, 1.807) is 97.1 Å². The minimum atomic E-state index is -1.00. The second-order valence-corrected chi connectivity index (χ2v) is 11.7. The van der Waals surface area contributed by atoms with Crippen LogP contribution in [-0.2, 0) is 16.7 Å². The minimum absolute atomic E-state index is 0.0385. The molecule has 274 valence electrons. The van der Waals surface area contributed by atoms with Gasteiger partial charge in [0.15, 0.2) is 0 Å². The number of methoxy groups -OCH3 is 1. The van der Waals surface area contributed by atoms with Gasteiger partial charge in [0.1, 0.15) is 18.1 Å². The molecule has 0 saturated heterocycles. The number of nitro benzene ring substituents is 2. The number of carbonyl (C=O) groups excluding carboxylic acids is 1. The molecule has 0 spiro atoms. The predicted molar refractivity (Wildman–Crippen MR) is 207 cm³/mol. The summed E-state index contributed by atoms with van der Waals surface area (Å²) in [6, 6.07) is 40.2. The fraction of sp³-hybridized carbons (Fsp3) is 0.0732. The van der Waals surface area contributed by atoms with Gasteiger partial charge in [-0.25, -0.2) is 9.59 Å². The molecule has 0 unspecified atom stereocenters. The van der Waals surface area contributed by atoms with Gasteiger partial charge in [0.25, 0.3) is 11.4 Å². The zero-order valence-corrected chi connectivity index (χ0v) is 30.3. The number of halogens is 1. The Labute approximate surface area is 318 Å². The molecule has 0 radical (unpaired) electrons. The number of carboxylic acid groups (broad SMARTS) is 1. The summed E-state index contributed by atoms with van der Waals surface area (Å²) < 4.78 is 10.3. The van der Waals surface area contributed by atoms with E-state index in [-0.39, 0.29) is 35.3 Å². The van der Waals surface area contributed by atoms with Gasteiger partial charge in [-0.1, -0.05) is 101 Å². The summed E-state index contributed by atoms with van der Waals surface area (Å²) >= 11 is 3.30. The number of aromatic carboxylic acids is 1. The van der Waals surface area contributed by atoms with Crippen molar-refractivity contribution >= 4 is 39.2 Å². The Morgan fingerprint density at radius 3 is 1.56 bits per heavy atom. The molecule has 0 atom stereocenters. The topological polar surface area (TPSA) is 179 Å². The van der Waals surface area contributed by atoms with Gasteiger partial charge in [0.05, 0.1) is 39.2 Å². The van der Waals surface area contributed by atoms with E-state index in [0.717, 1.165) is 5.56 Å². The molecule has 2 N–H and O–H groups in total. The third-order valence-electron chi connectivity index (χ3n) is 7.75. The van der Waals surface area contributed by atoms with Crippen molar-refractivity contribution in [1.82, 2.24) is 0 Å². The van der Waals surface area contributed by atoms with E-state index < -0.39 is 15.8 Å². The number of rotatable bonds is 10. The third-order valence-corrected chi connectivity index (χ3v) is 8.36. The average Bonchev–Trinajstić information content (AvgIpc) is 3.20. The van der Waals surface area contributed by atoms with Crippen LogP contribution >= 0.6 is 15.9 Å². The number of ether oxygens (including phenoxy) is 2. The van der Waals surface area contributed by atoms with Crippen LogP contribution in [0.2, 0.25) is 0 Å². The lowest BCUT2D eigenvalue weighted by atomic mass is 10.0. The highest BCUT2D eigenvalue weighted by Crippen LogP contribution is 2.32. The molecule has 0 aromatic heterocycles. The number of carboxylic acids is 1. The number of aromatic hydroxyl groups is 1. The first-order valence-electron chi connectivity index (χ1n) is 16.1. The van der Waals surface area contributed by atoms with E-state index in [2.05, 4.69) is 20.7 Å². The minimum Gasteiger partial charge on any atom is -0.508 e. The number of phenols is 1. The van der Waals surface area contributed by atoms with Crippen molar-refractivity contribution in [1.29, 1.82) is 0 Å². The van der Waals surface area contributed by atoms with Crippen molar-refractivity contribution < 1.29 is 39.1 Å². The number of hydrogen-bond donors (Lipinski definition) is 2. The number of nitro groups is 2. The third kappa shape index (κ3) is 10.8. The Balaban J connectivity index is 0.000000198. The summed E-state index contributed by atoms with van der Waals surface area (Å²) in [5, 5.41) is 41.0. The van der Waals surface area contributed by atoms with E-state index in [0.29, 0.717) is 44.5 Å². The molecule has 12 nitrogen and oxygen atoms in total. The highest BCUT2D eigenvalue weighted by atomic mass is 79.9. The highest BCUT2D eigenvalue weighted by Gasteiger charge is 2.15. The first kappa shape index (κ1) is 39.9. The van der Waals surface area contributed by atoms with Crippen molar-refractivity contribution in [2.24, 2.45) is 0 Å². The van der Waals surface area contributed by atoms with Crippen LogP contribution in [-0.4, -0.2) is 39.1 Å². The number of phenolic OH excluding ortho intramolecular Hbond substituents is 1. The smallest absolute Gasteiger partial charge is 0.338 e. The number of esters is 1. The van der Waals surface area contributed by atoms with Crippen LogP contribution < -0.4 is 4.74 Å². The molecule has 6 rings (SSSR count). The number of benzene rings is 6. The molecule has 0 saturated carbocycles. The van der Waals surface area contributed by atoms with Crippen LogP contribution in [0.3, 0.4) is 0 Å². The lowest BCUT2D eigenvalue weighted by Gasteiger charge is -2.09. The van der Waals surface area contributed by atoms with Crippen molar-refractivity contribution in [3.8, 4) is 33.8 Å². The maximum atomic E-state index is 11.2. The van der Waals surface area contributed by atoms with Gasteiger partial charge in [-0.3, -0.25) is 20.2 Å². The van der Waals surface area contributed by atoms with Crippen molar-refractivity contribution in [3.05, 3.63) is 188 Å². The Bertz CT molecular complexity index is 2230. The molecule has 0 aliphatic heterocycles. The average molecular weight is 794 g/mol. The van der Waals surface area contributed by atoms with Crippen molar-refractivity contribution in [3.63, 3.8) is 0 Å². The van der Waals surface area contributed by atoms with Crippen LogP contribution in [0.1, 0.15) is 31.8 Å². The van der Waals surface area contributed by atoms with Gasteiger partial charge in [-0.2, -0.15) is 0 Å². The summed E-state index contributed by atoms with van der Waals surface area (Å²) in [4.78, 5) is 43.5. The van der Waals surface area contributed by atoms with E-state index in [1.165, 1.54) is 37.4 Å². The van der Waals surface area contributed by atoms with E-state index in [9.17, 15) is 34.9 Å². The van der Waals surface area contributed by atoms with Crippen LogP contribution in [0.25, 0.3) is 22.3 Å². The monoisotopic (exact) mass is 792 g/mol. The molecule has 0 fully saturated rings. The quantitative estimate of drug-likeness (QED) is 0.0587.